The Morgan fingerprint density at radius 2 is 2.04 bits per heavy atom. The van der Waals surface area contributed by atoms with Crippen LogP contribution < -0.4 is 5.69 Å². The maximum absolute atomic E-state index is 11.9. The van der Waals surface area contributed by atoms with E-state index in [2.05, 4.69) is 10.2 Å². The van der Waals surface area contributed by atoms with Gasteiger partial charge in [0.1, 0.15) is 0 Å². The predicted octanol–water partition coefficient (Wildman–Crippen LogP) is 1.60. The number of ether oxygens (including phenoxy) is 1. The highest BCUT2D eigenvalue weighted by Crippen LogP contribution is 2.20. The van der Waals surface area contributed by atoms with E-state index < -0.39 is 0 Å². The van der Waals surface area contributed by atoms with Gasteiger partial charge in [-0.25, -0.2) is 9.89 Å². The van der Waals surface area contributed by atoms with E-state index in [4.69, 9.17) is 4.74 Å². The van der Waals surface area contributed by atoms with E-state index in [9.17, 15) is 9.59 Å². The standard InChI is InChI=1S/C16H22N4O3S/c1-19(2)14(21)13-7-5-12(6-8-13)11-24-16-18-17-15(22)20(16)9-4-10-23-3/h5-8H,4,9-11H2,1-3H3,(H,17,22). The number of carbonyl (C=O) groups excluding carboxylic acids is 1. The van der Waals surface area contributed by atoms with Crippen LogP contribution in [0.4, 0.5) is 0 Å². The zero-order chi connectivity index (χ0) is 17.5. The van der Waals surface area contributed by atoms with Crippen molar-refractivity contribution >= 4 is 17.7 Å². The van der Waals surface area contributed by atoms with E-state index in [0.717, 1.165) is 12.0 Å². The van der Waals surface area contributed by atoms with Gasteiger partial charge in [0, 0.05) is 45.7 Å². The minimum atomic E-state index is -0.208. The SMILES string of the molecule is COCCCn1c(SCc2ccc(C(=O)N(C)C)cc2)n[nH]c1=O. The van der Waals surface area contributed by atoms with Crippen LogP contribution in [0, 0.1) is 0 Å². The van der Waals surface area contributed by atoms with Gasteiger partial charge in [-0.15, -0.1) is 5.10 Å². The molecule has 0 unspecified atom stereocenters. The van der Waals surface area contributed by atoms with Crippen LogP contribution in [0.3, 0.4) is 0 Å². The lowest BCUT2D eigenvalue weighted by atomic mass is 10.1. The molecule has 0 atom stereocenters. The summed E-state index contributed by atoms with van der Waals surface area (Å²) in [4.78, 5) is 25.2. The molecule has 0 bridgehead atoms. The van der Waals surface area contributed by atoms with Crippen LogP contribution in [0.1, 0.15) is 22.3 Å². The number of rotatable bonds is 8. The fraction of sp³-hybridized carbons (Fsp3) is 0.438. The van der Waals surface area contributed by atoms with Gasteiger partial charge in [-0.1, -0.05) is 23.9 Å². The van der Waals surface area contributed by atoms with Gasteiger partial charge in [0.25, 0.3) is 5.91 Å². The van der Waals surface area contributed by atoms with Gasteiger partial charge < -0.3 is 9.64 Å². The number of aromatic nitrogens is 3. The fourth-order valence-electron chi connectivity index (χ4n) is 2.13. The number of aromatic amines is 1. The third-order valence-electron chi connectivity index (χ3n) is 3.43. The van der Waals surface area contributed by atoms with E-state index in [-0.39, 0.29) is 11.6 Å². The van der Waals surface area contributed by atoms with E-state index in [0.29, 0.717) is 29.6 Å². The van der Waals surface area contributed by atoms with Crippen LogP contribution in [0.5, 0.6) is 0 Å². The summed E-state index contributed by atoms with van der Waals surface area (Å²) < 4.78 is 6.63. The summed E-state index contributed by atoms with van der Waals surface area (Å²) >= 11 is 1.48. The summed E-state index contributed by atoms with van der Waals surface area (Å²) in [6.07, 6.45) is 0.755. The molecule has 1 amide bonds. The number of nitrogens with zero attached hydrogens (tertiary/aromatic N) is 3. The van der Waals surface area contributed by atoms with Gasteiger partial charge >= 0.3 is 5.69 Å². The second kappa shape index (κ2) is 8.70. The molecular weight excluding hydrogens is 328 g/mol. The first-order valence-corrected chi connectivity index (χ1v) is 8.59. The summed E-state index contributed by atoms with van der Waals surface area (Å²) in [5, 5.41) is 7.20. The lowest BCUT2D eigenvalue weighted by Crippen LogP contribution is -2.21. The maximum atomic E-state index is 11.9. The third kappa shape index (κ3) is 4.72. The van der Waals surface area contributed by atoms with Crippen molar-refractivity contribution in [2.24, 2.45) is 0 Å². The maximum Gasteiger partial charge on any atom is 0.343 e. The Morgan fingerprint density at radius 3 is 2.67 bits per heavy atom. The molecule has 0 radical (unpaired) electrons. The van der Waals surface area contributed by atoms with Crippen LogP contribution in [0.2, 0.25) is 0 Å². The number of hydrogen-bond donors (Lipinski definition) is 1. The second-order valence-electron chi connectivity index (χ2n) is 5.49. The first-order valence-electron chi connectivity index (χ1n) is 7.60. The number of benzene rings is 1. The van der Waals surface area contributed by atoms with Crippen LogP contribution in [-0.2, 0) is 17.0 Å². The van der Waals surface area contributed by atoms with Crippen LogP contribution >= 0.6 is 11.8 Å². The zero-order valence-corrected chi connectivity index (χ0v) is 14.9. The number of thioether (sulfide) groups is 1. The smallest absolute Gasteiger partial charge is 0.343 e. The van der Waals surface area contributed by atoms with E-state index in [1.807, 2.05) is 24.3 Å². The average Bonchev–Trinajstić information content (AvgIpc) is 2.93. The summed E-state index contributed by atoms with van der Waals surface area (Å²) in [6.45, 7) is 1.17. The predicted molar refractivity (Wildman–Crippen MR) is 93.4 cm³/mol. The Hall–Kier alpha value is -2.06. The largest absolute Gasteiger partial charge is 0.385 e. The highest BCUT2D eigenvalue weighted by atomic mass is 32.2. The first kappa shape index (κ1) is 18.3. The molecule has 2 aromatic rings. The average molecular weight is 350 g/mol. The molecule has 130 valence electrons. The molecule has 0 saturated carbocycles. The molecule has 1 N–H and O–H groups in total. The molecule has 0 fully saturated rings. The Labute approximate surface area is 145 Å². The molecule has 7 nitrogen and oxygen atoms in total. The highest BCUT2D eigenvalue weighted by molar-refractivity contribution is 7.98. The van der Waals surface area contributed by atoms with Gasteiger partial charge in [0.2, 0.25) is 0 Å². The molecule has 0 saturated heterocycles. The zero-order valence-electron chi connectivity index (χ0n) is 14.1. The number of methoxy groups -OCH3 is 1. The van der Waals surface area contributed by atoms with Gasteiger partial charge in [-0.05, 0) is 24.1 Å². The van der Waals surface area contributed by atoms with Crippen LogP contribution in [-0.4, -0.2) is 53.4 Å². The van der Waals surface area contributed by atoms with Crippen molar-refractivity contribution in [3.63, 3.8) is 0 Å². The monoisotopic (exact) mass is 350 g/mol. The van der Waals surface area contributed by atoms with Crippen molar-refractivity contribution in [1.29, 1.82) is 0 Å². The topological polar surface area (TPSA) is 80.2 Å². The Balaban J connectivity index is 1.98. The number of hydrogen-bond acceptors (Lipinski definition) is 5. The summed E-state index contributed by atoms with van der Waals surface area (Å²) in [7, 11) is 5.09. The number of carbonyl (C=O) groups is 1. The molecule has 1 aromatic heterocycles. The summed E-state index contributed by atoms with van der Waals surface area (Å²) in [6, 6.07) is 7.47. The quantitative estimate of drug-likeness (QED) is 0.578. The lowest BCUT2D eigenvalue weighted by molar-refractivity contribution is 0.0827. The molecule has 0 aliphatic heterocycles. The van der Waals surface area contributed by atoms with Crippen molar-refractivity contribution in [2.45, 2.75) is 23.9 Å². The van der Waals surface area contributed by atoms with Gasteiger partial charge in [-0.3, -0.25) is 9.36 Å². The summed E-state index contributed by atoms with van der Waals surface area (Å²) in [5.74, 6) is 0.652. The minimum Gasteiger partial charge on any atom is -0.385 e. The van der Waals surface area contributed by atoms with Crippen LogP contribution in [0.25, 0.3) is 0 Å². The first-order chi connectivity index (χ1) is 11.5. The highest BCUT2D eigenvalue weighted by Gasteiger charge is 2.10. The second-order valence-corrected chi connectivity index (χ2v) is 6.44. The Bertz CT molecular complexity index is 722. The van der Waals surface area contributed by atoms with Gasteiger partial charge in [0.05, 0.1) is 0 Å². The van der Waals surface area contributed by atoms with Crippen LogP contribution in [0.15, 0.2) is 34.2 Å². The molecule has 1 aromatic carbocycles. The molecule has 0 aliphatic rings. The summed E-state index contributed by atoms with van der Waals surface area (Å²) in [5.41, 5.74) is 1.51. The Kier molecular flexibility index (Phi) is 6.62. The molecular formula is C16H22N4O3S. The molecule has 24 heavy (non-hydrogen) atoms. The normalized spacial score (nSPS) is 10.8. The van der Waals surface area contributed by atoms with Crippen molar-refractivity contribution in [3.8, 4) is 0 Å². The van der Waals surface area contributed by atoms with E-state index in [1.165, 1.54) is 11.8 Å². The molecule has 0 spiro atoms. The molecule has 1 heterocycles. The van der Waals surface area contributed by atoms with Crippen molar-refractivity contribution in [3.05, 3.63) is 45.9 Å². The lowest BCUT2D eigenvalue weighted by Gasteiger charge is -2.10. The molecule has 8 heteroatoms. The van der Waals surface area contributed by atoms with Crippen molar-refractivity contribution in [2.75, 3.05) is 27.8 Å². The molecule has 0 aliphatic carbocycles. The van der Waals surface area contributed by atoms with Crippen molar-refractivity contribution in [1.82, 2.24) is 19.7 Å². The van der Waals surface area contributed by atoms with Gasteiger partial charge in [0.15, 0.2) is 5.16 Å². The fourth-order valence-corrected chi connectivity index (χ4v) is 3.06. The Morgan fingerprint density at radius 1 is 1.33 bits per heavy atom. The number of amides is 1. The van der Waals surface area contributed by atoms with Gasteiger partial charge in [-0.2, -0.15) is 0 Å². The van der Waals surface area contributed by atoms with E-state index in [1.54, 1.807) is 30.7 Å². The number of nitrogens with one attached hydrogen (secondary N) is 1. The molecule has 2 rings (SSSR count). The minimum absolute atomic E-state index is 0.0199. The third-order valence-corrected chi connectivity index (χ3v) is 4.48. The van der Waals surface area contributed by atoms with Crippen molar-refractivity contribution < 1.29 is 9.53 Å². The number of H-pyrrole nitrogens is 1. The van der Waals surface area contributed by atoms with E-state index >= 15 is 0 Å².